The molecule has 1 aliphatic heterocycles. The zero-order chi connectivity index (χ0) is 21.8. The van der Waals surface area contributed by atoms with Crippen LogP contribution in [-0.2, 0) is 14.4 Å². The number of fused-ring (bicyclic) bond motifs is 1. The van der Waals surface area contributed by atoms with Gasteiger partial charge in [-0.1, -0.05) is 12.1 Å². The SMILES string of the molecule is CNC(=O)CC(O)C(=O)Nc1cccc2c(C(=O)C(=O)N3CCN(C)CC3)c[nH]c12. The molecule has 0 radical (unpaired) electrons. The fourth-order valence-corrected chi connectivity index (χ4v) is 3.30. The second-order valence-electron chi connectivity index (χ2n) is 7.24. The average molecular weight is 415 g/mol. The lowest BCUT2D eigenvalue weighted by Crippen LogP contribution is -2.49. The summed E-state index contributed by atoms with van der Waals surface area (Å²) in [6.07, 6.45) is -0.445. The summed E-state index contributed by atoms with van der Waals surface area (Å²) < 4.78 is 0. The van der Waals surface area contributed by atoms with Crippen LogP contribution < -0.4 is 10.6 Å². The Morgan fingerprint density at radius 1 is 1.17 bits per heavy atom. The minimum absolute atomic E-state index is 0.218. The van der Waals surface area contributed by atoms with Crippen LogP contribution in [0.4, 0.5) is 5.69 Å². The summed E-state index contributed by atoms with van der Waals surface area (Å²) in [6, 6.07) is 4.90. The Bertz CT molecular complexity index is 977. The van der Waals surface area contributed by atoms with Crippen LogP contribution in [0.1, 0.15) is 16.8 Å². The van der Waals surface area contributed by atoms with Crippen LogP contribution in [0.25, 0.3) is 10.9 Å². The number of ketones is 1. The van der Waals surface area contributed by atoms with Gasteiger partial charge in [0.05, 0.1) is 23.2 Å². The molecule has 1 saturated heterocycles. The number of H-pyrrole nitrogens is 1. The number of Topliss-reactive ketones (excluding diaryl/α,β-unsaturated/α-hetero) is 1. The number of para-hydroxylation sites is 1. The maximum absolute atomic E-state index is 12.8. The summed E-state index contributed by atoms with van der Waals surface area (Å²) in [5.74, 6) is -2.39. The molecule has 30 heavy (non-hydrogen) atoms. The fraction of sp³-hybridized carbons (Fsp3) is 0.400. The second kappa shape index (κ2) is 9.06. The predicted molar refractivity (Wildman–Crippen MR) is 110 cm³/mol. The minimum atomic E-state index is -1.52. The molecule has 0 aliphatic carbocycles. The number of rotatable bonds is 6. The molecule has 3 rings (SSSR count). The van der Waals surface area contributed by atoms with E-state index in [2.05, 4.69) is 20.5 Å². The quantitative estimate of drug-likeness (QED) is 0.373. The van der Waals surface area contributed by atoms with Gasteiger partial charge in [-0.15, -0.1) is 0 Å². The number of aromatic amines is 1. The number of piperazine rings is 1. The van der Waals surface area contributed by atoms with Crippen LogP contribution in [0.5, 0.6) is 0 Å². The smallest absolute Gasteiger partial charge is 0.295 e. The third-order valence-electron chi connectivity index (χ3n) is 5.16. The summed E-state index contributed by atoms with van der Waals surface area (Å²) in [7, 11) is 3.37. The van der Waals surface area contributed by atoms with Gasteiger partial charge in [0, 0.05) is 44.8 Å². The highest BCUT2D eigenvalue weighted by atomic mass is 16.3. The number of hydrogen-bond acceptors (Lipinski definition) is 6. The zero-order valence-corrected chi connectivity index (χ0v) is 16.9. The number of hydrogen-bond donors (Lipinski definition) is 4. The number of aromatic nitrogens is 1. The van der Waals surface area contributed by atoms with Gasteiger partial charge >= 0.3 is 0 Å². The Balaban J connectivity index is 1.78. The standard InChI is InChI=1S/C20H25N5O5/c1-21-16(27)10-15(26)19(29)23-14-5-3-4-12-13(11-22-17(12)14)18(28)20(30)25-8-6-24(2)7-9-25/h3-5,11,15,22,26H,6-10H2,1-2H3,(H,21,27)(H,23,29). The highest BCUT2D eigenvalue weighted by Crippen LogP contribution is 2.26. The summed E-state index contributed by atoms with van der Waals surface area (Å²) in [5.41, 5.74) is 1.00. The number of benzene rings is 1. The number of amides is 3. The summed E-state index contributed by atoms with van der Waals surface area (Å²) in [5, 5.41) is 15.3. The van der Waals surface area contributed by atoms with Crippen molar-refractivity contribution < 1.29 is 24.3 Å². The first-order chi connectivity index (χ1) is 14.3. The number of nitrogens with one attached hydrogen (secondary N) is 3. The maximum Gasteiger partial charge on any atom is 0.295 e. The van der Waals surface area contributed by atoms with Crippen molar-refractivity contribution in [3.8, 4) is 0 Å². The van der Waals surface area contributed by atoms with Crippen molar-refractivity contribution in [2.75, 3.05) is 45.6 Å². The van der Waals surface area contributed by atoms with Crippen molar-refractivity contribution in [2.45, 2.75) is 12.5 Å². The van der Waals surface area contributed by atoms with E-state index in [0.29, 0.717) is 42.8 Å². The van der Waals surface area contributed by atoms with Gasteiger partial charge in [0.15, 0.2) is 0 Å². The Morgan fingerprint density at radius 3 is 2.53 bits per heavy atom. The van der Waals surface area contributed by atoms with Crippen molar-refractivity contribution in [1.29, 1.82) is 0 Å². The molecule has 2 heterocycles. The van der Waals surface area contributed by atoms with E-state index < -0.39 is 29.6 Å². The molecule has 10 heteroatoms. The van der Waals surface area contributed by atoms with E-state index in [9.17, 15) is 24.3 Å². The molecular formula is C20H25N5O5. The van der Waals surface area contributed by atoms with E-state index in [4.69, 9.17) is 0 Å². The third-order valence-corrected chi connectivity index (χ3v) is 5.16. The molecule has 0 saturated carbocycles. The van der Waals surface area contributed by atoms with Crippen molar-refractivity contribution in [3.63, 3.8) is 0 Å². The number of carbonyl (C=O) groups excluding carboxylic acids is 4. The molecule has 1 aliphatic rings. The fourth-order valence-electron chi connectivity index (χ4n) is 3.30. The summed E-state index contributed by atoms with van der Waals surface area (Å²) in [6.45, 7) is 2.41. The lowest BCUT2D eigenvalue weighted by Gasteiger charge is -2.31. The molecule has 160 valence electrons. The van der Waals surface area contributed by atoms with Crippen molar-refractivity contribution in [3.05, 3.63) is 30.0 Å². The molecule has 0 spiro atoms. The van der Waals surface area contributed by atoms with E-state index in [1.165, 1.54) is 13.2 Å². The molecular weight excluding hydrogens is 390 g/mol. The topological polar surface area (TPSA) is 135 Å². The van der Waals surface area contributed by atoms with Gasteiger partial charge in [-0.2, -0.15) is 0 Å². The molecule has 4 N–H and O–H groups in total. The average Bonchev–Trinajstić information content (AvgIpc) is 3.18. The molecule has 10 nitrogen and oxygen atoms in total. The van der Waals surface area contributed by atoms with Gasteiger partial charge in [0.1, 0.15) is 6.10 Å². The van der Waals surface area contributed by atoms with Crippen LogP contribution in [0.3, 0.4) is 0 Å². The number of likely N-dealkylation sites (N-methyl/N-ethyl adjacent to an activating group) is 1. The highest BCUT2D eigenvalue weighted by Gasteiger charge is 2.28. The number of nitrogens with zero attached hydrogens (tertiary/aromatic N) is 2. The van der Waals surface area contributed by atoms with E-state index in [1.807, 2.05) is 7.05 Å². The normalized spacial score (nSPS) is 15.6. The molecule has 1 fully saturated rings. The minimum Gasteiger partial charge on any atom is -0.383 e. The number of carbonyl (C=O) groups is 4. The van der Waals surface area contributed by atoms with Crippen molar-refractivity contribution in [2.24, 2.45) is 0 Å². The van der Waals surface area contributed by atoms with Crippen LogP contribution >= 0.6 is 0 Å². The second-order valence-corrected chi connectivity index (χ2v) is 7.24. The van der Waals surface area contributed by atoms with Crippen LogP contribution in [-0.4, -0.2) is 89.8 Å². The van der Waals surface area contributed by atoms with E-state index in [0.717, 1.165) is 0 Å². The van der Waals surface area contributed by atoms with Crippen molar-refractivity contribution >= 4 is 40.1 Å². The number of aliphatic hydroxyl groups is 1. The first kappa shape index (κ1) is 21.5. The molecule has 1 unspecified atom stereocenters. The lowest BCUT2D eigenvalue weighted by molar-refractivity contribution is -0.130. The van der Waals surface area contributed by atoms with Crippen molar-refractivity contribution in [1.82, 2.24) is 20.1 Å². The highest BCUT2D eigenvalue weighted by molar-refractivity contribution is 6.45. The van der Waals surface area contributed by atoms with Gasteiger partial charge < -0.3 is 30.5 Å². The Morgan fingerprint density at radius 2 is 1.87 bits per heavy atom. The van der Waals surface area contributed by atoms with Gasteiger partial charge in [-0.05, 0) is 13.1 Å². The van der Waals surface area contributed by atoms with E-state index in [1.54, 1.807) is 23.1 Å². The van der Waals surface area contributed by atoms with E-state index >= 15 is 0 Å². The van der Waals surface area contributed by atoms with Gasteiger partial charge in [-0.25, -0.2) is 0 Å². The lowest BCUT2D eigenvalue weighted by atomic mass is 10.1. The van der Waals surface area contributed by atoms with Gasteiger partial charge in [0.2, 0.25) is 5.91 Å². The van der Waals surface area contributed by atoms with Gasteiger partial charge in [-0.3, -0.25) is 19.2 Å². The number of aliphatic hydroxyl groups excluding tert-OH is 1. The molecule has 0 bridgehead atoms. The Hall–Kier alpha value is -3.24. The first-order valence-electron chi connectivity index (χ1n) is 9.63. The van der Waals surface area contributed by atoms with Crippen LogP contribution in [0.15, 0.2) is 24.4 Å². The number of anilines is 1. The third kappa shape index (κ3) is 4.50. The maximum atomic E-state index is 12.8. The molecule has 1 atom stereocenters. The zero-order valence-electron chi connectivity index (χ0n) is 16.9. The predicted octanol–water partition coefficient (Wildman–Crippen LogP) is -0.440. The Labute approximate surface area is 173 Å². The Kier molecular flexibility index (Phi) is 6.48. The van der Waals surface area contributed by atoms with Crippen LogP contribution in [0, 0.1) is 0 Å². The molecule has 1 aromatic carbocycles. The summed E-state index contributed by atoms with van der Waals surface area (Å²) >= 11 is 0. The summed E-state index contributed by atoms with van der Waals surface area (Å²) in [4.78, 5) is 55.5. The molecule has 2 aromatic rings. The largest absolute Gasteiger partial charge is 0.383 e. The van der Waals surface area contributed by atoms with Crippen LogP contribution in [0.2, 0.25) is 0 Å². The molecule has 3 amide bonds. The van der Waals surface area contributed by atoms with Gasteiger partial charge in [0.25, 0.3) is 17.6 Å². The monoisotopic (exact) mass is 415 g/mol. The first-order valence-corrected chi connectivity index (χ1v) is 9.63. The molecule has 1 aromatic heterocycles. The van der Waals surface area contributed by atoms with E-state index in [-0.39, 0.29) is 12.0 Å².